The molecule has 0 spiro atoms. The van der Waals surface area contributed by atoms with E-state index in [1.807, 2.05) is 24.3 Å². The van der Waals surface area contributed by atoms with E-state index in [-0.39, 0.29) is 6.61 Å². The maximum Gasteiger partial charge on any atom is 0.248 e. The van der Waals surface area contributed by atoms with Gasteiger partial charge in [-0.3, -0.25) is 4.90 Å². The molecule has 0 aliphatic rings. The Hall–Kier alpha value is -1.24. The van der Waals surface area contributed by atoms with Gasteiger partial charge in [-0.1, -0.05) is 12.1 Å². The predicted octanol–water partition coefficient (Wildman–Crippen LogP) is 3.09. The number of nitrogens with zero attached hydrogens (tertiary/aromatic N) is 3. The van der Waals surface area contributed by atoms with Gasteiger partial charge in [0.05, 0.1) is 12.1 Å². The normalized spacial score (nSPS) is 11.5. The van der Waals surface area contributed by atoms with Gasteiger partial charge in [-0.25, -0.2) is 0 Å². The number of aromatic nitrogens is 2. The Morgan fingerprint density at radius 3 is 2.71 bits per heavy atom. The summed E-state index contributed by atoms with van der Waals surface area (Å²) in [5.41, 5.74) is 0.891. The number of hydrogen-bond acceptors (Lipinski definition) is 5. The van der Waals surface area contributed by atoms with Gasteiger partial charge in [0.15, 0.2) is 0 Å². The second-order valence-electron chi connectivity index (χ2n) is 5.12. The highest BCUT2D eigenvalue weighted by Crippen LogP contribution is 2.26. The first-order chi connectivity index (χ1) is 10.1. The van der Waals surface area contributed by atoms with E-state index in [4.69, 9.17) is 9.52 Å². The van der Waals surface area contributed by atoms with Crippen molar-refractivity contribution in [3.05, 3.63) is 34.6 Å². The lowest BCUT2D eigenvalue weighted by molar-refractivity contribution is 0.171. The number of benzene rings is 1. The van der Waals surface area contributed by atoms with Crippen LogP contribution in [0.1, 0.15) is 26.2 Å². The van der Waals surface area contributed by atoms with Gasteiger partial charge in [0.25, 0.3) is 0 Å². The third kappa shape index (κ3) is 4.36. The first kappa shape index (κ1) is 16.1. The molecular formula is C15H20BrN3O2. The van der Waals surface area contributed by atoms with Crippen LogP contribution in [0.5, 0.6) is 0 Å². The maximum atomic E-state index is 8.96. The summed E-state index contributed by atoms with van der Waals surface area (Å²) in [6.07, 6.45) is 0.739. The molecule has 0 aliphatic heterocycles. The van der Waals surface area contributed by atoms with Crippen molar-refractivity contribution in [1.29, 1.82) is 0 Å². The molecule has 114 valence electrons. The number of aliphatic hydroxyl groups excluding tert-OH is 1. The van der Waals surface area contributed by atoms with Crippen molar-refractivity contribution in [1.82, 2.24) is 15.1 Å². The molecule has 1 aromatic carbocycles. The van der Waals surface area contributed by atoms with E-state index < -0.39 is 0 Å². The van der Waals surface area contributed by atoms with Crippen LogP contribution in [-0.2, 0) is 6.54 Å². The molecule has 2 aromatic rings. The quantitative estimate of drug-likeness (QED) is 0.828. The summed E-state index contributed by atoms with van der Waals surface area (Å²) in [5.74, 6) is 1.11. The summed E-state index contributed by atoms with van der Waals surface area (Å²) in [6.45, 7) is 5.82. The minimum Gasteiger partial charge on any atom is -0.419 e. The Bertz CT molecular complexity index is 572. The fourth-order valence-electron chi connectivity index (χ4n) is 2.03. The van der Waals surface area contributed by atoms with Crippen molar-refractivity contribution in [2.24, 2.45) is 0 Å². The van der Waals surface area contributed by atoms with Crippen LogP contribution in [0.25, 0.3) is 11.5 Å². The van der Waals surface area contributed by atoms with Crippen LogP contribution in [0.3, 0.4) is 0 Å². The van der Waals surface area contributed by atoms with Gasteiger partial charge in [0.1, 0.15) is 0 Å². The molecule has 0 bridgehead atoms. The van der Waals surface area contributed by atoms with Gasteiger partial charge in [-0.05, 0) is 48.3 Å². The molecule has 1 N–H and O–H groups in total. The van der Waals surface area contributed by atoms with Crippen LogP contribution < -0.4 is 0 Å². The highest BCUT2D eigenvalue weighted by atomic mass is 79.9. The third-order valence-corrected chi connectivity index (χ3v) is 3.93. The average Bonchev–Trinajstić information content (AvgIpc) is 2.92. The van der Waals surface area contributed by atoms with Crippen molar-refractivity contribution in [3.63, 3.8) is 0 Å². The second kappa shape index (κ2) is 7.68. The van der Waals surface area contributed by atoms with Gasteiger partial charge >= 0.3 is 0 Å². The Morgan fingerprint density at radius 2 is 2.05 bits per heavy atom. The SMILES string of the molecule is CC(C)N(CCCO)Cc1nnc(-c2ccccc2Br)o1. The fourth-order valence-corrected chi connectivity index (χ4v) is 2.48. The summed E-state index contributed by atoms with van der Waals surface area (Å²) in [7, 11) is 0. The van der Waals surface area contributed by atoms with E-state index in [1.165, 1.54) is 0 Å². The summed E-state index contributed by atoms with van der Waals surface area (Å²) in [4.78, 5) is 2.20. The first-order valence-corrected chi connectivity index (χ1v) is 7.83. The second-order valence-corrected chi connectivity index (χ2v) is 5.98. The molecular weight excluding hydrogens is 334 g/mol. The Morgan fingerprint density at radius 1 is 1.29 bits per heavy atom. The highest BCUT2D eigenvalue weighted by Gasteiger charge is 2.16. The largest absolute Gasteiger partial charge is 0.419 e. The monoisotopic (exact) mass is 353 g/mol. The van der Waals surface area contributed by atoms with Gasteiger partial charge in [0, 0.05) is 23.7 Å². The zero-order valence-electron chi connectivity index (χ0n) is 12.3. The Balaban J connectivity index is 2.10. The summed E-state index contributed by atoms with van der Waals surface area (Å²) < 4.78 is 6.69. The smallest absolute Gasteiger partial charge is 0.248 e. The highest BCUT2D eigenvalue weighted by molar-refractivity contribution is 9.10. The molecule has 0 saturated heterocycles. The van der Waals surface area contributed by atoms with Crippen LogP contribution in [0.15, 0.2) is 33.2 Å². The van der Waals surface area contributed by atoms with E-state index in [0.29, 0.717) is 24.4 Å². The molecule has 0 aliphatic carbocycles. The lowest BCUT2D eigenvalue weighted by Gasteiger charge is -2.24. The Kier molecular flexibility index (Phi) is 5.90. The molecule has 0 saturated carbocycles. The van der Waals surface area contributed by atoms with Crippen LogP contribution in [0.2, 0.25) is 0 Å². The van der Waals surface area contributed by atoms with Gasteiger partial charge < -0.3 is 9.52 Å². The summed E-state index contributed by atoms with van der Waals surface area (Å²) >= 11 is 3.48. The van der Waals surface area contributed by atoms with E-state index in [2.05, 4.69) is 44.9 Å². The predicted molar refractivity (Wildman–Crippen MR) is 84.7 cm³/mol. The molecule has 0 radical (unpaired) electrons. The van der Waals surface area contributed by atoms with Crippen LogP contribution in [-0.4, -0.2) is 39.4 Å². The molecule has 5 nitrogen and oxygen atoms in total. The number of halogens is 1. The minimum absolute atomic E-state index is 0.190. The number of aliphatic hydroxyl groups is 1. The van der Waals surface area contributed by atoms with Crippen LogP contribution in [0, 0.1) is 0 Å². The lowest BCUT2D eigenvalue weighted by atomic mass is 10.2. The molecule has 6 heteroatoms. The molecule has 1 aromatic heterocycles. The molecule has 2 rings (SSSR count). The van der Waals surface area contributed by atoms with E-state index in [1.54, 1.807) is 0 Å². The minimum atomic E-state index is 0.190. The van der Waals surface area contributed by atoms with Gasteiger partial charge in [0.2, 0.25) is 11.8 Å². The fraction of sp³-hybridized carbons (Fsp3) is 0.467. The lowest BCUT2D eigenvalue weighted by Crippen LogP contribution is -2.31. The summed E-state index contributed by atoms with van der Waals surface area (Å²) in [6, 6.07) is 8.12. The molecule has 0 unspecified atom stereocenters. The van der Waals surface area contributed by atoms with E-state index in [9.17, 15) is 0 Å². The molecule has 0 amide bonds. The van der Waals surface area contributed by atoms with E-state index in [0.717, 1.165) is 23.0 Å². The van der Waals surface area contributed by atoms with Crippen molar-refractivity contribution in [3.8, 4) is 11.5 Å². The zero-order chi connectivity index (χ0) is 15.2. The van der Waals surface area contributed by atoms with Gasteiger partial charge in [-0.2, -0.15) is 0 Å². The zero-order valence-corrected chi connectivity index (χ0v) is 13.9. The third-order valence-electron chi connectivity index (χ3n) is 3.24. The van der Waals surface area contributed by atoms with Crippen LogP contribution >= 0.6 is 15.9 Å². The van der Waals surface area contributed by atoms with Crippen molar-refractivity contribution >= 4 is 15.9 Å². The average molecular weight is 354 g/mol. The molecule has 1 heterocycles. The van der Waals surface area contributed by atoms with Crippen molar-refractivity contribution in [2.45, 2.75) is 32.9 Å². The molecule has 0 fully saturated rings. The van der Waals surface area contributed by atoms with E-state index >= 15 is 0 Å². The molecule has 21 heavy (non-hydrogen) atoms. The number of hydrogen-bond donors (Lipinski definition) is 1. The number of rotatable bonds is 7. The molecule has 0 atom stereocenters. The first-order valence-electron chi connectivity index (χ1n) is 7.04. The van der Waals surface area contributed by atoms with Crippen molar-refractivity contribution in [2.75, 3.05) is 13.2 Å². The summed E-state index contributed by atoms with van der Waals surface area (Å²) in [5, 5.41) is 17.2. The van der Waals surface area contributed by atoms with Gasteiger partial charge in [-0.15, -0.1) is 10.2 Å². The topological polar surface area (TPSA) is 62.4 Å². The standard InChI is InChI=1S/C15H20BrN3O2/c1-11(2)19(8-5-9-20)10-14-17-18-15(21-14)12-6-3-4-7-13(12)16/h3-4,6-7,11,20H,5,8-10H2,1-2H3. The Labute approximate surface area is 133 Å². The van der Waals surface area contributed by atoms with Crippen LogP contribution in [0.4, 0.5) is 0 Å². The maximum absolute atomic E-state index is 8.96. The van der Waals surface area contributed by atoms with Crippen molar-refractivity contribution < 1.29 is 9.52 Å².